The van der Waals surface area contributed by atoms with E-state index in [4.69, 9.17) is 0 Å². The molecule has 1 aromatic carbocycles. The van der Waals surface area contributed by atoms with E-state index >= 15 is 0 Å². The summed E-state index contributed by atoms with van der Waals surface area (Å²) < 4.78 is 0. The zero-order valence-corrected chi connectivity index (χ0v) is 8.97. The Labute approximate surface area is 89.4 Å². The second-order valence-corrected chi connectivity index (χ2v) is 3.84. The van der Waals surface area contributed by atoms with Gasteiger partial charge < -0.3 is 0 Å². The van der Waals surface area contributed by atoms with Gasteiger partial charge in [-0.2, -0.15) is 5.10 Å². The van der Waals surface area contributed by atoms with Crippen molar-refractivity contribution in [3.63, 3.8) is 0 Å². The standard InChI is InChI=1S/C12H14N2O/c1-9-8-12(15)14(13-9)10(2)11-6-4-3-5-7-11/h3-7,10H,8H2,1-2H3. The minimum Gasteiger partial charge on any atom is -0.273 e. The van der Waals surface area contributed by atoms with Crippen LogP contribution < -0.4 is 0 Å². The summed E-state index contributed by atoms with van der Waals surface area (Å²) in [7, 11) is 0. The number of hydrogen-bond acceptors (Lipinski definition) is 2. The molecule has 0 saturated heterocycles. The Morgan fingerprint density at radius 3 is 2.53 bits per heavy atom. The lowest BCUT2D eigenvalue weighted by Crippen LogP contribution is -2.24. The maximum atomic E-state index is 11.6. The van der Waals surface area contributed by atoms with Crippen LogP contribution in [-0.2, 0) is 4.79 Å². The average Bonchev–Trinajstić information content (AvgIpc) is 2.58. The summed E-state index contributed by atoms with van der Waals surface area (Å²) in [5.41, 5.74) is 2.01. The molecule has 1 unspecified atom stereocenters. The van der Waals surface area contributed by atoms with Gasteiger partial charge in [0.2, 0.25) is 5.91 Å². The molecular formula is C12H14N2O. The van der Waals surface area contributed by atoms with E-state index in [1.54, 1.807) is 5.01 Å². The lowest BCUT2D eigenvalue weighted by Gasteiger charge is -2.20. The summed E-state index contributed by atoms with van der Waals surface area (Å²) in [5, 5.41) is 5.82. The number of carbonyl (C=O) groups excluding carboxylic acids is 1. The third-order valence-electron chi connectivity index (χ3n) is 2.59. The quantitative estimate of drug-likeness (QED) is 0.724. The Kier molecular flexibility index (Phi) is 2.54. The molecule has 0 saturated carbocycles. The van der Waals surface area contributed by atoms with Crippen molar-refractivity contribution in [1.29, 1.82) is 0 Å². The summed E-state index contributed by atoms with van der Waals surface area (Å²) in [6.07, 6.45) is 0.456. The maximum Gasteiger partial charge on any atom is 0.248 e. The second-order valence-electron chi connectivity index (χ2n) is 3.84. The van der Waals surface area contributed by atoms with Crippen LogP contribution in [0.4, 0.5) is 0 Å². The molecule has 0 bridgehead atoms. The van der Waals surface area contributed by atoms with Crippen molar-refractivity contribution >= 4 is 11.6 Å². The van der Waals surface area contributed by atoms with Crippen LogP contribution in [0, 0.1) is 0 Å². The summed E-state index contributed by atoms with van der Waals surface area (Å²) in [6.45, 7) is 3.88. The van der Waals surface area contributed by atoms with Gasteiger partial charge in [-0.25, -0.2) is 5.01 Å². The van der Waals surface area contributed by atoms with E-state index in [2.05, 4.69) is 5.10 Å². The third-order valence-corrected chi connectivity index (χ3v) is 2.59. The number of nitrogens with zero attached hydrogens (tertiary/aromatic N) is 2. The molecule has 1 aliphatic rings. The van der Waals surface area contributed by atoms with Gasteiger partial charge in [-0.05, 0) is 19.4 Å². The molecule has 0 aromatic heterocycles. The van der Waals surface area contributed by atoms with Crippen molar-refractivity contribution in [3.05, 3.63) is 35.9 Å². The van der Waals surface area contributed by atoms with Crippen LogP contribution in [0.15, 0.2) is 35.4 Å². The largest absolute Gasteiger partial charge is 0.273 e. The first-order valence-electron chi connectivity index (χ1n) is 5.09. The van der Waals surface area contributed by atoms with Gasteiger partial charge in [-0.15, -0.1) is 0 Å². The molecule has 0 aliphatic carbocycles. The number of hydrazone groups is 1. The Morgan fingerprint density at radius 1 is 1.33 bits per heavy atom. The van der Waals surface area contributed by atoms with E-state index in [1.165, 1.54) is 0 Å². The van der Waals surface area contributed by atoms with Gasteiger partial charge in [0.05, 0.1) is 12.5 Å². The molecular weight excluding hydrogens is 188 g/mol. The highest BCUT2D eigenvalue weighted by Gasteiger charge is 2.26. The molecule has 0 N–H and O–H groups in total. The highest BCUT2D eigenvalue weighted by molar-refractivity contribution is 6.03. The van der Waals surface area contributed by atoms with Gasteiger partial charge in [0.15, 0.2) is 0 Å². The van der Waals surface area contributed by atoms with Crippen LogP contribution in [0.25, 0.3) is 0 Å². The van der Waals surface area contributed by atoms with Gasteiger partial charge in [-0.1, -0.05) is 30.3 Å². The highest BCUT2D eigenvalue weighted by Crippen LogP contribution is 2.24. The summed E-state index contributed by atoms with van der Waals surface area (Å²) in [4.78, 5) is 11.6. The van der Waals surface area contributed by atoms with E-state index in [1.807, 2.05) is 44.2 Å². The predicted molar refractivity (Wildman–Crippen MR) is 59.4 cm³/mol. The van der Waals surface area contributed by atoms with Crippen molar-refractivity contribution in [2.45, 2.75) is 26.3 Å². The number of benzene rings is 1. The zero-order chi connectivity index (χ0) is 10.8. The Morgan fingerprint density at radius 2 is 2.00 bits per heavy atom. The molecule has 1 aliphatic heterocycles. The Bertz CT molecular complexity index is 397. The molecule has 78 valence electrons. The van der Waals surface area contributed by atoms with Crippen molar-refractivity contribution in [2.75, 3.05) is 0 Å². The fourth-order valence-electron chi connectivity index (χ4n) is 1.75. The van der Waals surface area contributed by atoms with Crippen molar-refractivity contribution in [2.24, 2.45) is 5.10 Å². The summed E-state index contributed by atoms with van der Waals surface area (Å²) >= 11 is 0. The molecule has 2 rings (SSSR count). The third kappa shape index (κ3) is 1.91. The fourth-order valence-corrected chi connectivity index (χ4v) is 1.75. The van der Waals surface area contributed by atoms with Crippen LogP contribution in [0.3, 0.4) is 0 Å². The zero-order valence-electron chi connectivity index (χ0n) is 8.97. The fraction of sp³-hybridized carbons (Fsp3) is 0.333. The summed E-state index contributed by atoms with van der Waals surface area (Å²) in [5.74, 6) is 0.0869. The number of amides is 1. The van der Waals surface area contributed by atoms with Gasteiger partial charge in [0, 0.05) is 5.71 Å². The average molecular weight is 202 g/mol. The van der Waals surface area contributed by atoms with Crippen molar-refractivity contribution < 1.29 is 4.79 Å². The van der Waals surface area contributed by atoms with Gasteiger partial charge in [0.1, 0.15) is 0 Å². The number of hydrogen-bond donors (Lipinski definition) is 0. The molecule has 1 heterocycles. The molecule has 0 spiro atoms. The SMILES string of the molecule is CC1=NN(C(C)c2ccccc2)C(=O)C1. The number of rotatable bonds is 2. The highest BCUT2D eigenvalue weighted by atomic mass is 16.2. The minimum absolute atomic E-state index is 0.0242. The lowest BCUT2D eigenvalue weighted by molar-refractivity contribution is -0.130. The van der Waals surface area contributed by atoms with Crippen molar-refractivity contribution in [3.8, 4) is 0 Å². The van der Waals surface area contributed by atoms with Gasteiger partial charge in [-0.3, -0.25) is 4.79 Å². The molecule has 1 amide bonds. The van der Waals surface area contributed by atoms with Crippen LogP contribution in [0.1, 0.15) is 31.9 Å². The first-order chi connectivity index (χ1) is 7.18. The smallest absolute Gasteiger partial charge is 0.248 e. The molecule has 0 radical (unpaired) electrons. The monoisotopic (exact) mass is 202 g/mol. The molecule has 1 atom stereocenters. The van der Waals surface area contributed by atoms with Gasteiger partial charge >= 0.3 is 0 Å². The van der Waals surface area contributed by atoms with E-state index < -0.39 is 0 Å². The lowest BCUT2D eigenvalue weighted by atomic mass is 10.1. The topological polar surface area (TPSA) is 32.7 Å². The van der Waals surface area contributed by atoms with E-state index in [-0.39, 0.29) is 11.9 Å². The normalized spacial score (nSPS) is 17.9. The van der Waals surface area contributed by atoms with Crippen LogP contribution in [-0.4, -0.2) is 16.6 Å². The molecule has 3 nitrogen and oxygen atoms in total. The first kappa shape index (κ1) is 9.90. The Hall–Kier alpha value is -1.64. The van der Waals surface area contributed by atoms with Crippen LogP contribution >= 0.6 is 0 Å². The summed E-state index contributed by atoms with van der Waals surface area (Å²) in [6, 6.07) is 9.97. The first-order valence-corrected chi connectivity index (χ1v) is 5.09. The van der Waals surface area contributed by atoms with Crippen LogP contribution in [0.5, 0.6) is 0 Å². The predicted octanol–water partition coefficient (Wildman–Crippen LogP) is 2.36. The number of carbonyl (C=O) groups is 1. The van der Waals surface area contributed by atoms with E-state index in [0.29, 0.717) is 6.42 Å². The van der Waals surface area contributed by atoms with E-state index in [9.17, 15) is 4.79 Å². The molecule has 1 aromatic rings. The Balaban J connectivity index is 2.22. The molecule has 3 heteroatoms. The molecule has 15 heavy (non-hydrogen) atoms. The second kappa shape index (κ2) is 3.85. The minimum atomic E-state index is 0.0242. The van der Waals surface area contributed by atoms with E-state index in [0.717, 1.165) is 11.3 Å². The van der Waals surface area contributed by atoms with Crippen molar-refractivity contribution in [1.82, 2.24) is 5.01 Å². The maximum absolute atomic E-state index is 11.6. The van der Waals surface area contributed by atoms with Crippen LogP contribution in [0.2, 0.25) is 0 Å². The molecule has 0 fully saturated rings. The van der Waals surface area contributed by atoms with Gasteiger partial charge in [0.25, 0.3) is 0 Å².